The van der Waals surface area contributed by atoms with Gasteiger partial charge in [0.25, 0.3) is 0 Å². The minimum absolute atomic E-state index is 0.0517. The predicted molar refractivity (Wildman–Crippen MR) is 96.4 cm³/mol. The quantitative estimate of drug-likeness (QED) is 0.159. The fraction of sp³-hybridized carbons (Fsp3) is 0.105. The summed E-state index contributed by atoms with van der Waals surface area (Å²) in [5.41, 5.74) is 9.62. The van der Waals surface area contributed by atoms with Crippen LogP contribution >= 0.6 is 0 Å². The molecule has 0 bridgehead atoms. The minimum Gasteiger partial charge on any atom is -0.504 e. The number of rotatable bonds is 7. The highest BCUT2D eigenvalue weighted by molar-refractivity contribution is 6.34. The van der Waals surface area contributed by atoms with Crippen molar-refractivity contribution in [3.63, 3.8) is 0 Å². The Morgan fingerprint density at radius 2 is 1.48 bits per heavy atom. The van der Waals surface area contributed by atoms with E-state index in [0.29, 0.717) is 0 Å². The number of aromatic hydroxyl groups is 3. The molecule has 27 heavy (non-hydrogen) atoms. The Hall–Kier alpha value is -3.65. The molecule has 0 radical (unpaired) electrons. The first-order valence-electron chi connectivity index (χ1n) is 7.91. The van der Waals surface area contributed by atoms with Crippen LogP contribution in [0.1, 0.15) is 27.1 Å². The second-order valence-electron chi connectivity index (χ2n) is 5.61. The summed E-state index contributed by atoms with van der Waals surface area (Å²) >= 11 is 0. The van der Waals surface area contributed by atoms with Crippen molar-refractivity contribution < 1.29 is 29.7 Å². The zero-order valence-corrected chi connectivity index (χ0v) is 14.2. The van der Waals surface area contributed by atoms with E-state index in [1.54, 1.807) is 18.2 Å². The summed E-state index contributed by atoms with van der Waals surface area (Å²) in [5, 5.41) is 29.1. The van der Waals surface area contributed by atoms with Crippen molar-refractivity contribution in [2.75, 3.05) is 6.54 Å². The molecule has 7 N–H and O–H groups in total. The molecular formula is C19H18N2O6. The van der Waals surface area contributed by atoms with Gasteiger partial charge in [-0.15, -0.1) is 0 Å². The van der Waals surface area contributed by atoms with Crippen molar-refractivity contribution in [3.05, 3.63) is 64.7 Å². The van der Waals surface area contributed by atoms with Gasteiger partial charge in [0.1, 0.15) is 0 Å². The lowest BCUT2D eigenvalue weighted by atomic mass is 9.89. The third-order valence-electron chi connectivity index (χ3n) is 3.86. The maximum atomic E-state index is 13.0. The van der Waals surface area contributed by atoms with E-state index < -0.39 is 45.9 Å². The lowest BCUT2D eigenvalue weighted by Crippen LogP contribution is -2.25. The summed E-state index contributed by atoms with van der Waals surface area (Å²) in [5.74, 6) is -5.31. The standard InChI is InChI=1S/C19H18N2O6/c20-9-8-11(19(21)27)14(15(23)10-4-2-1-3-5-10)16(24)12-6-7-13(22)18(26)17(12)25/h1-7,22,25-26H,8-9,20H2,(H2,21,27)/b14-11-. The Morgan fingerprint density at radius 1 is 0.852 bits per heavy atom. The van der Waals surface area contributed by atoms with E-state index >= 15 is 0 Å². The first-order chi connectivity index (χ1) is 12.8. The van der Waals surface area contributed by atoms with Crippen LogP contribution in [-0.4, -0.2) is 39.3 Å². The molecule has 0 aliphatic carbocycles. The number of hydrogen-bond acceptors (Lipinski definition) is 7. The SMILES string of the molecule is NCC/C(C(N)=O)=C(\C(=O)c1ccccc1)C(=O)c1ccc(O)c(O)c1O. The predicted octanol–water partition coefficient (Wildman–Crippen LogP) is 1.000. The third-order valence-corrected chi connectivity index (χ3v) is 3.86. The molecule has 0 heterocycles. The lowest BCUT2D eigenvalue weighted by molar-refractivity contribution is -0.114. The van der Waals surface area contributed by atoms with E-state index in [0.717, 1.165) is 12.1 Å². The summed E-state index contributed by atoms with van der Waals surface area (Å²) in [4.78, 5) is 37.8. The number of Topliss-reactive ketones (excluding diaryl/α,β-unsaturated/α-hetero) is 2. The molecule has 0 aliphatic heterocycles. The van der Waals surface area contributed by atoms with Crippen molar-refractivity contribution >= 4 is 17.5 Å². The van der Waals surface area contributed by atoms with Crippen LogP contribution in [-0.2, 0) is 4.79 Å². The Kier molecular flexibility index (Phi) is 5.94. The minimum atomic E-state index is -1.03. The second kappa shape index (κ2) is 8.15. The third kappa shape index (κ3) is 3.96. The van der Waals surface area contributed by atoms with Crippen molar-refractivity contribution in [1.29, 1.82) is 0 Å². The first kappa shape index (κ1) is 19.7. The zero-order chi connectivity index (χ0) is 20.1. The normalized spacial score (nSPS) is 11.6. The van der Waals surface area contributed by atoms with Gasteiger partial charge in [-0.05, 0) is 25.1 Å². The smallest absolute Gasteiger partial charge is 0.245 e. The summed E-state index contributed by atoms with van der Waals surface area (Å²) in [7, 11) is 0. The van der Waals surface area contributed by atoms with Crippen molar-refractivity contribution in [1.82, 2.24) is 0 Å². The van der Waals surface area contributed by atoms with E-state index in [-0.39, 0.29) is 24.1 Å². The van der Waals surface area contributed by atoms with Gasteiger partial charge in [0.2, 0.25) is 17.4 Å². The van der Waals surface area contributed by atoms with Crippen LogP contribution in [0, 0.1) is 0 Å². The van der Waals surface area contributed by atoms with Gasteiger partial charge in [-0.3, -0.25) is 14.4 Å². The summed E-state index contributed by atoms with van der Waals surface area (Å²) in [6.07, 6.45) is -0.139. The Bertz CT molecular complexity index is 935. The molecule has 0 saturated carbocycles. The largest absolute Gasteiger partial charge is 0.504 e. The van der Waals surface area contributed by atoms with Crippen molar-refractivity contribution in [2.24, 2.45) is 11.5 Å². The maximum absolute atomic E-state index is 13.0. The lowest BCUT2D eigenvalue weighted by Gasteiger charge is -2.13. The first-order valence-corrected chi connectivity index (χ1v) is 7.91. The van der Waals surface area contributed by atoms with Gasteiger partial charge in [0, 0.05) is 11.1 Å². The average molecular weight is 370 g/mol. The number of carbonyl (C=O) groups is 3. The van der Waals surface area contributed by atoms with E-state index in [1.165, 1.54) is 12.1 Å². The van der Waals surface area contributed by atoms with Crippen LogP contribution in [0.3, 0.4) is 0 Å². The number of carbonyl (C=O) groups excluding carboxylic acids is 3. The number of hydrogen-bond donors (Lipinski definition) is 5. The highest BCUT2D eigenvalue weighted by Crippen LogP contribution is 2.38. The number of amides is 1. The van der Waals surface area contributed by atoms with E-state index in [1.807, 2.05) is 0 Å². The van der Waals surface area contributed by atoms with Gasteiger partial charge in [-0.2, -0.15) is 0 Å². The average Bonchev–Trinajstić information content (AvgIpc) is 2.66. The number of nitrogens with two attached hydrogens (primary N) is 2. The van der Waals surface area contributed by atoms with Crippen LogP contribution in [0.5, 0.6) is 17.2 Å². The van der Waals surface area contributed by atoms with E-state index in [4.69, 9.17) is 11.5 Å². The van der Waals surface area contributed by atoms with Crippen molar-refractivity contribution in [3.8, 4) is 17.2 Å². The van der Waals surface area contributed by atoms with Gasteiger partial charge in [-0.1, -0.05) is 30.3 Å². The molecule has 140 valence electrons. The highest BCUT2D eigenvalue weighted by Gasteiger charge is 2.30. The molecule has 8 heteroatoms. The van der Waals surface area contributed by atoms with Gasteiger partial charge < -0.3 is 26.8 Å². The maximum Gasteiger partial charge on any atom is 0.245 e. The number of primary amides is 1. The molecule has 0 aliphatic rings. The van der Waals surface area contributed by atoms with Gasteiger partial charge in [0.05, 0.1) is 11.1 Å². The number of ketones is 2. The Labute approximate surface area is 154 Å². The molecule has 1 amide bonds. The summed E-state index contributed by atoms with van der Waals surface area (Å²) in [6, 6.07) is 9.71. The Balaban J connectivity index is 2.72. The molecule has 0 spiro atoms. The molecule has 0 saturated heterocycles. The molecular weight excluding hydrogens is 352 g/mol. The Morgan fingerprint density at radius 3 is 2.04 bits per heavy atom. The van der Waals surface area contributed by atoms with Crippen LogP contribution < -0.4 is 11.5 Å². The second-order valence-corrected chi connectivity index (χ2v) is 5.61. The number of allylic oxidation sites excluding steroid dienone is 1. The molecule has 0 unspecified atom stereocenters. The van der Waals surface area contributed by atoms with E-state index in [2.05, 4.69) is 0 Å². The molecule has 0 fully saturated rings. The number of benzene rings is 2. The van der Waals surface area contributed by atoms with Crippen LogP contribution in [0.2, 0.25) is 0 Å². The molecule has 2 aromatic carbocycles. The number of phenols is 3. The van der Waals surface area contributed by atoms with Gasteiger partial charge in [-0.25, -0.2) is 0 Å². The van der Waals surface area contributed by atoms with E-state index in [9.17, 15) is 29.7 Å². The zero-order valence-electron chi connectivity index (χ0n) is 14.2. The highest BCUT2D eigenvalue weighted by atomic mass is 16.3. The molecule has 0 aromatic heterocycles. The van der Waals surface area contributed by atoms with Gasteiger partial charge in [0.15, 0.2) is 17.3 Å². The molecule has 2 rings (SSSR count). The summed E-state index contributed by atoms with van der Waals surface area (Å²) < 4.78 is 0. The summed E-state index contributed by atoms with van der Waals surface area (Å²) in [6.45, 7) is -0.0517. The molecule has 0 atom stereocenters. The number of phenolic OH excluding ortho intramolecular Hbond substituents is 3. The van der Waals surface area contributed by atoms with Crippen LogP contribution in [0.15, 0.2) is 53.6 Å². The van der Waals surface area contributed by atoms with Crippen molar-refractivity contribution in [2.45, 2.75) is 6.42 Å². The molecule has 8 nitrogen and oxygen atoms in total. The molecule has 2 aromatic rings. The fourth-order valence-corrected chi connectivity index (χ4v) is 2.51. The van der Waals surface area contributed by atoms with Crippen LogP contribution in [0.4, 0.5) is 0 Å². The fourth-order valence-electron chi connectivity index (χ4n) is 2.51. The monoisotopic (exact) mass is 370 g/mol. The topological polar surface area (TPSA) is 164 Å². The van der Waals surface area contributed by atoms with Gasteiger partial charge >= 0.3 is 0 Å². The van der Waals surface area contributed by atoms with Crippen LogP contribution in [0.25, 0.3) is 0 Å².